The molecule has 0 aliphatic rings. The molecule has 0 unspecified atom stereocenters. The number of nitrogens with one attached hydrogen (secondary N) is 1. The Hall–Kier alpha value is -0.0200. The molecule has 102 valence electrons. The summed E-state index contributed by atoms with van der Waals surface area (Å²) >= 11 is 6.73. The van der Waals surface area contributed by atoms with Crippen LogP contribution < -0.4 is 5.32 Å². The minimum Gasteiger partial charge on any atom is -0.310 e. The van der Waals surface area contributed by atoms with E-state index < -0.39 is 10.0 Å². The van der Waals surface area contributed by atoms with Crippen LogP contribution in [0.1, 0.15) is 5.69 Å². The largest absolute Gasteiger partial charge is 0.310 e. The van der Waals surface area contributed by atoms with Gasteiger partial charge in [-0.1, -0.05) is 0 Å². The zero-order valence-electron chi connectivity index (χ0n) is 10.2. The standard InChI is InChI=1S/C10H15Br2N3O2S/c1-15(2)18(16,17)4-3-13-7-10-9(12)5-8(11)6-14-10/h5-6,13H,3-4,7H2,1-2H3. The minimum atomic E-state index is -3.14. The topological polar surface area (TPSA) is 62.3 Å². The summed E-state index contributed by atoms with van der Waals surface area (Å²) in [6.45, 7) is 0.918. The highest BCUT2D eigenvalue weighted by Gasteiger charge is 2.12. The van der Waals surface area contributed by atoms with E-state index in [1.807, 2.05) is 6.07 Å². The smallest absolute Gasteiger partial charge is 0.214 e. The van der Waals surface area contributed by atoms with Crippen LogP contribution in [0.5, 0.6) is 0 Å². The predicted octanol–water partition coefficient (Wildman–Crippen LogP) is 1.59. The van der Waals surface area contributed by atoms with Crippen LogP contribution in [0.3, 0.4) is 0 Å². The van der Waals surface area contributed by atoms with Gasteiger partial charge in [0.2, 0.25) is 10.0 Å². The normalized spacial score (nSPS) is 12.1. The first-order valence-electron chi connectivity index (χ1n) is 5.24. The third kappa shape index (κ3) is 4.93. The van der Waals surface area contributed by atoms with Crippen LogP contribution in [-0.4, -0.2) is 44.1 Å². The first-order valence-corrected chi connectivity index (χ1v) is 8.43. The Morgan fingerprint density at radius 3 is 2.61 bits per heavy atom. The fraction of sp³-hybridized carbons (Fsp3) is 0.500. The van der Waals surface area contributed by atoms with Crippen LogP contribution in [0.25, 0.3) is 0 Å². The van der Waals surface area contributed by atoms with E-state index in [1.165, 1.54) is 18.4 Å². The minimum absolute atomic E-state index is 0.0775. The van der Waals surface area contributed by atoms with Gasteiger partial charge in [-0.05, 0) is 37.9 Å². The monoisotopic (exact) mass is 399 g/mol. The Labute approximate surface area is 124 Å². The van der Waals surface area contributed by atoms with Gasteiger partial charge in [0.1, 0.15) is 0 Å². The lowest BCUT2D eigenvalue weighted by Crippen LogP contribution is -2.31. The maximum absolute atomic E-state index is 11.5. The molecule has 1 aromatic rings. The molecule has 1 N–H and O–H groups in total. The fourth-order valence-corrected chi connectivity index (χ4v) is 3.06. The summed E-state index contributed by atoms with van der Waals surface area (Å²) in [6.07, 6.45) is 1.71. The van der Waals surface area contributed by atoms with Gasteiger partial charge in [-0.25, -0.2) is 12.7 Å². The van der Waals surface area contributed by atoms with E-state index in [0.29, 0.717) is 13.1 Å². The van der Waals surface area contributed by atoms with Gasteiger partial charge in [-0.2, -0.15) is 0 Å². The van der Waals surface area contributed by atoms with Crippen LogP contribution in [0.15, 0.2) is 21.2 Å². The first-order chi connectivity index (χ1) is 8.33. The average Bonchev–Trinajstić information content (AvgIpc) is 2.26. The van der Waals surface area contributed by atoms with E-state index in [0.717, 1.165) is 14.6 Å². The molecular weight excluding hydrogens is 386 g/mol. The second-order valence-corrected chi connectivity index (χ2v) is 7.93. The van der Waals surface area contributed by atoms with Crippen molar-refractivity contribution in [2.45, 2.75) is 6.54 Å². The van der Waals surface area contributed by atoms with Crippen molar-refractivity contribution in [3.05, 3.63) is 26.9 Å². The molecule has 1 heterocycles. The number of pyridine rings is 1. The maximum Gasteiger partial charge on any atom is 0.214 e. The summed E-state index contributed by atoms with van der Waals surface area (Å²) in [7, 11) is -0.0783. The van der Waals surface area contributed by atoms with Crippen LogP contribution in [0.2, 0.25) is 0 Å². The van der Waals surface area contributed by atoms with Crippen molar-refractivity contribution in [3.63, 3.8) is 0 Å². The van der Waals surface area contributed by atoms with Crippen LogP contribution in [-0.2, 0) is 16.6 Å². The number of sulfonamides is 1. The van der Waals surface area contributed by atoms with Crippen molar-refractivity contribution in [1.82, 2.24) is 14.6 Å². The van der Waals surface area contributed by atoms with Crippen LogP contribution in [0.4, 0.5) is 0 Å². The van der Waals surface area contributed by atoms with E-state index >= 15 is 0 Å². The second kappa shape index (κ2) is 6.95. The Balaban J connectivity index is 2.43. The van der Waals surface area contributed by atoms with Crippen molar-refractivity contribution in [1.29, 1.82) is 0 Å². The second-order valence-electron chi connectivity index (χ2n) is 3.86. The van der Waals surface area contributed by atoms with Crippen molar-refractivity contribution in [2.24, 2.45) is 0 Å². The molecule has 18 heavy (non-hydrogen) atoms. The quantitative estimate of drug-likeness (QED) is 0.736. The van der Waals surface area contributed by atoms with Crippen molar-refractivity contribution in [3.8, 4) is 0 Å². The van der Waals surface area contributed by atoms with E-state index in [9.17, 15) is 8.42 Å². The highest BCUT2D eigenvalue weighted by molar-refractivity contribution is 9.11. The Morgan fingerprint density at radius 2 is 2.06 bits per heavy atom. The van der Waals surface area contributed by atoms with Crippen molar-refractivity contribution in [2.75, 3.05) is 26.4 Å². The lowest BCUT2D eigenvalue weighted by atomic mass is 10.3. The van der Waals surface area contributed by atoms with Crippen LogP contribution >= 0.6 is 31.9 Å². The lowest BCUT2D eigenvalue weighted by molar-refractivity contribution is 0.517. The van der Waals surface area contributed by atoms with Crippen LogP contribution in [0, 0.1) is 0 Å². The van der Waals surface area contributed by atoms with Gasteiger partial charge >= 0.3 is 0 Å². The molecule has 1 aromatic heterocycles. The number of aromatic nitrogens is 1. The number of hydrogen-bond donors (Lipinski definition) is 1. The van der Waals surface area contributed by atoms with Gasteiger partial charge in [0, 0.05) is 42.3 Å². The summed E-state index contributed by atoms with van der Waals surface area (Å²) in [6, 6.07) is 1.90. The molecule has 0 saturated carbocycles. The lowest BCUT2D eigenvalue weighted by Gasteiger charge is -2.11. The molecular formula is C10H15Br2N3O2S. The number of rotatable bonds is 6. The van der Waals surface area contributed by atoms with E-state index in [1.54, 1.807) is 6.20 Å². The molecule has 0 fully saturated rings. The van der Waals surface area contributed by atoms with E-state index in [4.69, 9.17) is 0 Å². The number of halogens is 2. The predicted molar refractivity (Wildman–Crippen MR) is 78.8 cm³/mol. The molecule has 8 heteroatoms. The molecule has 0 saturated heterocycles. The molecule has 0 spiro atoms. The number of hydrogen-bond acceptors (Lipinski definition) is 4. The molecule has 0 bridgehead atoms. The van der Waals surface area contributed by atoms with Crippen molar-refractivity contribution >= 4 is 41.9 Å². The zero-order chi connectivity index (χ0) is 13.8. The van der Waals surface area contributed by atoms with E-state index in [2.05, 4.69) is 42.2 Å². The molecule has 5 nitrogen and oxygen atoms in total. The molecule has 0 aromatic carbocycles. The van der Waals surface area contributed by atoms with Gasteiger partial charge in [0.05, 0.1) is 11.4 Å². The van der Waals surface area contributed by atoms with Gasteiger partial charge in [0.25, 0.3) is 0 Å². The molecule has 0 atom stereocenters. The van der Waals surface area contributed by atoms with Gasteiger partial charge in [-0.15, -0.1) is 0 Å². The molecule has 0 radical (unpaired) electrons. The third-order valence-corrected chi connectivity index (χ3v) is 5.22. The summed E-state index contributed by atoms with van der Waals surface area (Å²) in [4.78, 5) is 4.23. The van der Waals surface area contributed by atoms with Gasteiger partial charge < -0.3 is 5.32 Å². The zero-order valence-corrected chi connectivity index (χ0v) is 14.1. The summed E-state index contributed by atoms with van der Waals surface area (Å²) < 4.78 is 26.0. The first kappa shape index (κ1) is 16.0. The van der Waals surface area contributed by atoms with Crippen molar-refractivity contribution < 1.29 is 8.42 Å². The van der Waals surface area contributed by atoms with Gasteiger partial charge in [0.15, 0.2) is 0 Å². The summed E-state index contributed by atoms with van der Waals surface area (Å²) in [5, 5.41) is 3.06. The summed E-state index contributed by atoms with van der Waals surface area (Å²) in [5.41, 5.74) is 0.848. The molecule has 1 rings (SSSR count). The van der Waals surface area contributed by atoms with E-state index in [-0.39, 0.29) is 5.75 Å². The Kier molecular flexibility index (Phi) is 6.19. The molecule has 0 aliphatic carbocycles. The maximum atomic E-state index is 11.5. The third-order valence-electron chi connectivity index (χ3n) is 2.27. The van der Waals surface area contributed by atoms with Gasteiger partial charge in [-0.3, -0.25) is 4.98 Å². The highest BCUT2D eigenvalue weighted by atomic mass is 79.9. The fourth-order valence-electron chi connectivity index (χ4n) is 1.16. The Morgan fingerprint density at radius 1 is 1.39 bits per heavy atom. The summed E-state index contributed by atoms with van der Waals surface area (Å²) in [5.74, 6) is 0.0775. The molecule has 0 aliphatic heterocycles. The average molecular weight is 401 g/mol. The SMILES string of the molecule is CN(C)S(=O)(=O)CCNCc1ncc(Br)cc1Br. The molecule has 0 amide bonds. The highest BCUT2D eigenvalue weighted by Crippen LogP contribution is 2.19. The Bertz CT molecular complexity index is 506. The number of nitrogens with zero attached hydrogens (tertiary/aromatic N) is 2.